The largest absolute Gasteiger partial charge is 0.353 e. The van der Waals surface area contributed by atoms with Crippen LogP contribution in [0, 0.1) is 0 Å². The van der Waals surface area contributed by atoms with Crippen LogP contribution < -0.4 is 16.5 Å². The van der Waals surface area contributed by atoms with Crippen molar-refractivity contribution >= 4 is 29.2 Å². The van der Waals surface area contributed by atoms with E-state index in [9.17, 15) is 14.4 Å². The van der Waals surface area contributed by atoms with E-state index in [1.54, 1.807) is 30.3 Å². The van der Waals surface area contributed by atoms with Gasteiger partial charge in [0, 0.05) is 5.56 Å². The molecule has 0 fully saturated rings. The van der Waals surface area contributed by atoms with E-state index in [0.29, 0.717) is 11.4 Å². The summed E-state index contributed by atoms with van der Waals surface area (Å²) in [6.45, 7) is 0. The SMILES string of the molecule is CSCn1nnc2c(C(=O)NNC(=O)c3ccccc3)ncn2c1=O. The molecule has 0 atom stereocenters. The lowest BCUT2D eigenvalue weighted by Gasteiger charge is -2.06. The molecule has 2 aromatic heterocycles. The zero-order chi connectivity index (χ0) is 17.8. The third kappa shape index (κ3) is 3.35. The van der Waals surface area contributed by atoms with Gasteiger partial charge in [0.2, 0.25) is 0 Å². The van der Waals surface area contributed by atoms with Gasteiger partial charge in [-0.1, -0.05) is 23.4 Å². The number of thioether (sulfide) groups is 1. The Bertz CT molecular complexity index is 983. The van der Waals surface area contributed by atoms with Gasteiger partial charge in [-0.3, -0.25) is 20.4 Å². The number of benzene rings is 1. The molecule has 3 rings (SSSR count). The van der Waals surface area contributed by atoms with Gasteiger partial charge in [-0.15, -0.1) is 16.9 Å². The van der Waals surface area contributed by atoms with E-state index < -0.39 is 17.5 Å². The number of amides is 2. The lowest BCUT2D eigenvalue weighted by molar-refractivity contribution is 0.0845. The number of carbonyl (C=O) groups is 2. The molecule has 1 aromatic carbocycles. The number of hydrogen-bond acceptors (Lipinski definition) is 7. The summed E-state index contributed by atoms with van der Waals surface area (Å²) in [4.78, 5) is 40.2. The lowest BCUT2D eigenvalue weighted by Crippen LogP contribution is -2.42. The van der Waals surface area contributed by atoms with Gasteiger partial charge in [0.15, 0.2) is 11.3 Å². The Morgan fingerprint density at radius 2 is 1.88 bits per heavy atom. The van der Waals surface area contributed by atoms with Gasteiger partial charge in [0.05, 0.1) is 5.88 Å². The molecule has 11 heteroatoms. The van der Waals surface area contributed by atoms with Crippen LogP contribution in [-0.4, -0.2) is 42.4 Å². The molecule has 25 heavy (non-hydrogen) atoms. The maximum absolute atomic E-state index is 12.2. The fourth-order valence-corrected chi connectivity index (χ4v) is 2.44. The fraction of sp³-hybridized carbons (Fsp3) is 0.143. The number of rotatable bonds is 4. The Labute approximate surface area is 145 Å². The van der Waals surface area contributed by atoms with E-state index in [4.69, 9.17) is 0 Å². The van der Waals surface area contributed by atoms with E-state index >= 15 is 0 Å². The molecule has 10 nitrogen and oxygen atoms in total. The van der Waals surface area contributed by atoms with Gasteiger partial charge < -0.3 is 0 Å². The highest BCUT2D eigenvalue weighted by Gasteiger charge is 2.18. The number of fused-ring (bicyclic) bond motifs is 1. The number of imidazole rings is 1. The van der Waals surface area contributed by atoms with Crippen molar-refractivity contribution in [3.63, 3.8) is 0 Å². The number of hydrazine groups is 1. The Morgan fingerprint density at radius 1 is 1.16 bits per heavy atom. The van der Waals surface area contributed by atoms with E-state index in [1.165, 1.54) is 18.1 Å². The molecule has 0 unspecified atom stereocenters. The first-order chi connectivity index (χ1) is 12.1. The molecule has 128 valence electrons. The smallest absolute Gasteiger partial charge is 0.267 e. The highest BCUT2D eigenvalue weighted by atomic mass is 32.2. The zero-order valence-corrected chi connectivity index (χ0v) is 13.9. The standard InChI is InChI=1S/C14H13N7O3S/c1-25-8-21-14(24)20-7-15-10(11(20)16-19-21)13(23)18-17-12(22)9-5-3-2-4-6-9/h2-7H,8H2,1H3,(H,17,22)(H,18,23). The first kappa shape index (κ1) is 16.6. The van der Waals surface area contributed by atoms with Crippen LogP contribution in [0.5, 0.6) is 0 Å². The summed E-state index contributed by atoms with van der Waals surface area (Å²) in [5, 5.41) is 7.61. The second-order valence-corrected chi connectivity index (χ2v) is 5.69. The molecule has 0 aliphatic carbocycles. The maximum Gasteiger partial charge on any atom is 0.353 e. The third-order valence-electron chi connectivity index (χ3n) is 3.21. The highest BCUT2D eigenvalue weighted by Crippen LogP contribution is 2.03. The van der Waals surface area contributed by atoms with Crippen LogP contribution in [0.25, 0.3) is 5.65 Å². The number of nitrogens with one attached hydrogen (secondary N) is 2. The van der Waals surface area contributed by atoms with Crippen LogP contribution >= 0.6 is 11.8 Å². The van der Waals surface area contributed by atoms with E-state index in [-0.39, 0.29) is 11.3 Å². The maximum atomic E-state index is 12.2. The summed E-state index contributed by atoms with van der Waals surface area (Å²) in [5.41, 5.74) is 4.33. The molecule has 0 spiro atoms. The fourth-order valence-electron chi connectivity index (χ4n) is 2.03. The summed E-state index contributed by atoms with van der Waals surface area (Å²) in [6.07, 6.45) is 3.01. The monoisotopic (exact) mass is 359 g/mol. The topological polar surface area (TPSA) is 123 Å². The quantitative estimate of drug-likeness (QED) is 0.612. The van der Waals surface area contributed by atoms with Crippen LogP contribution in [0.15, 0.2) is 41.5 Å². The molecule has 2 N–H and O–H groups in total. The van der Waals surface area contributed by atoms with Crippen LogP contribution in [0.4, 0.5) is 0 Å². The van der Waals surface area contributed by atoms with Gasteiger partial charge >= 0.3 is 5.69 Å². The predicted molar refractivity (Wildman–Crippen MR) is 89.9 cm³/mol. The van der Waals surface area contributed by atoms with Crippen molar-refractivity contribution in [2.45, 2.75) is 5.88 Å². The molecule has 0 aliphatic rings. The molecule has 0 aliphatic heterocycles. The first-order valence-corrected chi connectivity index (χ1v) is 8.46. The molecule has 0 saturated carbocycles. The van der Waals surface area contributed by atoms with Crippen molar-refractivity contribution in [1.29, 1.82) is 0 Å². The molecular weight excluding hydrogens is 346 g/mol. The number of carbonyl (C=O) groups excluding carboxylic acids is 2. The van der Waals surface area contributed by atoms with Crippen LogP contribution in [0.3, 0.4) is 0 Å². The van der Waals surface area contributed by atoms with E-state index in [1.807, 2.05) is 6.26 Å². The van der Waals surface area contributed by atoms with Crippen molar-refractivity contribution in [3.05, 3.63) is 58.4 Å². The Hall–Kier alpha value is -3.21. The minimum absolute atomic E-state index is 0.00816. The highest BCUT2D eigenvalue weighted by molar-refractivity contribution is 7.97. The van der Waals surface area contributed by atoms with Gasteiger partial charge in [-0.2, -0.15) is 4.68 Å². The first-order valence-electron chi connectivity index (χ1n) is 7.07. The predicted octanol–water partition coefficient (Wildman–Crippen LogP) is -0.319. The van der Waals surface area contributed by atoms with Gasteiger partial charge in [-0.25, -0.2) is 14.2 Å². The Morgan fingerprint density at radius 3 is 2.60 bits per heavy atom. The third-order valence-corrected chi connectivity index (χ3v) is 3.71. The molecule has 3 aromatic rings. The van der Waals surface area contributed by atoms with Crippen molar-refractivity contribution < 1.29 is 9.59 Å². The van der Waals surface area contributed by atoms with Crippen molar-refractivity contribution in [2.24, 2.45) is 0 Å². The minimum atomic E-state index is -0.705. The second-order valence-electron chi connectivity index (χ2n) is 4.85. The van der Waals surface area contributed by atoms with Gasteiger partial charge in [0.1, 0.15) is 6.33 Å². The normalized spacial score (nSPS) is 10.6. The summed E-state index contributed by atoms with van der Waals surface area (Å²) in [5.74, 6) is -0.858. The van der Waals surface area contributed by atoms with Crippen molar-refractivity contribution in [3.8, 4) is 0 Å². The van der Waals surface area contributed by atoms with Crippen LogP contribution in [0.2, 0.25) is 0 Å². The van der Waals surface area contributed by atoms with Crippen LogP contribution in [-0.2, 0) is 5.88 Å². The molecular formula is C14H13N7O3S. The van der Waals surface area contributed by atoms with Gasteiger partial charge in [-0.05, 0) is 18.4 Å². The number of aromatic nitrogens is 5. The summed E-state index contributed by atoms with van der Waals surface area (Å²) in [7, 11) is 0. The van der Waals surface area contributed by atoms with Gasteiger partial charge in [0.25, 0.3) is 11.8 Å². The molecule has 0 saturated heterocycles. The second kappa shape index (κ2) is 7.13. The average molecular weight is 359 g/mol. The molecule has 2 heterocycles. The Balaban J connectivity index is 1.78. The summed E-state index contributed by atoms with van der Waals surface area (Å²) < 4.78 is 2.27. The van der Waals surface area contributed by atoms with Crippen molar-refractivity contribution in [2.75, 3.05) is 6.26 Å². The Kier molecular flexibility index (Phi) is 4.75. The lowest BCUT2D eigenvalue weighted by atomic mass is 10.2. The number of hydrogen-bond donors (Lipinski definition) is 2. The zero-order valence-electron chi connectivity index (χ0n) is 13.0. The van der Waals surface area contributed by atoms with Crippen molar-refractivity contribution in [1.82, 2.24) is 35.2 Å². The average Bonchev–Trinajstić information content (AvgIpc) is 3.07. The molecule has 0 radical (unpaired) electrons. The summed E-state index contributed by atoms with van der Waals surface area (Å²) in [6, 6.07) is 8.39. The molecule has 0 bridgehead atoms. The number of nitrogens with zero attached hydrogens (tertiary/aromatic N) is 5. The van der Waals surface area contributed by atoms with E-state index in [2.05, 4.69) is 26.1 Å². The summed E-state index contributed by atoms with van der Waals surface area (Å²) >= 11 is 1.40. The molecule has 2 amide bonds. The minimum Gasteiger partial charge on any atom is -0.267 e. The van der Waals surface area contributed by atoms with Crippen LogP contribution in [0.1, 0.15) is 20.8 Å². The van der Waals surface area contributed by atoms with E-state index in [0.717, 1.165) is 9.08 Å².